The van der Waals surface area contributed by atoms with Gasteiger partial charge in [-0.1, -0.05) is 13.8 Å². The summed E-state index contributed by atoms with van der Waals surface area (Å²) < 4.78 is 0. The fourth-order valence-corrected chi connectivity index (χ4v) is 0.889. The monoisotopic (exact) mass is 131 g/mol. The van der Waals surface area contributed by atoms with Crippen molar-refractivity contribution in [3.05, 3.63) is 0 Å². The third-order valence-corrected chi connectivity index (χ3v) is 1.75. The van der Waals surface area contributed by atoms with E-state index in [1.807, 2.05) is 0 Å². The van der Waals surface area contributed by atoms with E-state index in [1.54, 1.807) is 0 Å². The molecule has 0 bridgehead atoms. The van der Waals surface area contributed by atoms with E-state index in [-0.39, 0.29) is 6.61 Å². The Balaban J connectivity index is 3.41. The first kappa shape index (κ1) is 8.92. The van der Waals surface area contributed by atoms with Gasteiger partial charge in [0.25, 0.3) is 0 Å². The van der Waals surface area contributed by atoms with Gasteiger partial charge in [-0.2, -0.15) is 0 Å². The van der Waals surface area contributed by atoms with E-state index >= 15 is 0 Å². The predicted octanol–water partition coefficient (Wildman–Crippen LogP) is 0.600. The van der Waals surface area contributed by atoms with Gasteiger partial charge in [-0.15, -0.1) is 0 Å². The summed E-state index contributed by atoms with van der Waals surface area (Å²) in [7, 11) is 0. The lowest BCUT2D eigenvalue weighted by molar-refractivity contribution is 0.234. The lowest BCUT2D eigenvalue weighted by atomic mass is 9.93. The average Bonchev–Trinajstić information content (AvgIpc) is 1.82. The first-order valence-corrected chi connectivity index (χ1v) is 3.53. The van der Waals surface area contributed by atoms with Gasteiger partial charge in [0.05, 0.1) is 0 Å². The van der Waals surface area contributed by atoms with E-state index in [0.717, 1.165) is 6.42 Å². The summed E-state index contributed by atoms with van der Waals surface area (Å²) in [6.45, 7) is 5.22. The third-order valence-electron chi connectivity index (χ3n) is 1.75. The maximum atomic E-state index is 8.56. The molecule has 0 fully saturated rings. The van der Waals surface area contributed by atoms with Crippen molar-refractivity contribution in [2.45, 2.75) is 20.3 Å². The molecule has 2 nitrogen and oxygen atoms in total. The zero-order valence-corrected chi connectivity index (χ0v) is 6.30. The summed E-state index contributed by atoms with van der Waals surface area (Å²) in [6.07, 6.45) is 0.841. The normalized spacial score (nSPS) is 14.3. The number of hydrogen-bond acceptors (Lipinski definition) is 2. The molecule has 9 heavy (non-hydrogen) atoms. The molecule has 0 aromatic heterocycles. The molecule has 0 aliphatic rings. The number of rotatable bonds is 4. The van der Waals surface area contributed by atoms with Crippen molar-refractivity contribution in [2.24, 2.45) is 17.6 Å². The van der Waals surface area contributed by atoms with Crippen molar-refractivity contribution in [1.29, 1.82) is 0 Å². The summed E-state index contributed by atoms with van der Waals surface area (Å²) in [5.74, 6) is 1.09. The Morgan fingerprint density at radius 1 is 1.44 bits per heavy atom. The van der Waals surface area contributed by atoms with Crippen LogP contribution in [-0.4, -0.2) is 18.3 Å². The number of nitrogens with two attached hydrogens (primary N) is 1. The van der Waals surface area contributed by atoms with Gasteiger partial charge in [-0.3, -0.25) is 0 Å². The van der Waals surface area contributed by atoms with Crippen LogP contribution in [0.3, 0.4) is 0 Å². The van der Waals surface area contributed by atoms with Crippen LogP contribution in [0.1, 0.15) is 20.3 Å². The SMILES string of the molecule is CC(C)C(CN)CCO. The standard InChI is InChI=1S/C7H17NO/c1-6(2)7(5-8)3-4-9/h6-7,9H,3-5,8H2,1-2H3. The third kappa shape index (κ3) is 3.49. The minimum absolute atomic E-state index is 0.264. The van der Waals surface area contributed by atoms with Crippen LogP contribution in [0, 0.1) is 11.8 Å². The molecule has 0 aromatic carbocycles. The van der Waals surface area contributed by atoms with Crippen LogP contribution in [0.15, 0.2) is 0 Å². The lowest BCUT2D eigenvalue weighted by Gasteiger charge is -2.16. The Kier molecular flexibility index (Phi) is 4.72. The first-order chi connectivity index (χ1) is 4.22. The minimum atomic E-state index is 0.264. The van der Waals surface area contributed by atoms with Gasteiger partial charge in [0.15, 0.2) is 0 Å². The number of hydrogen-bond donors (Lipinski definition) is 2. The molecule has 0 radical (unpaired) electrons. The van der Waals surface area contributed by atoms with Crippen LogP contribution in [0.5, 0.6) is 0 Å². The zero-order chi connectivity index (χ0) is 7.28. The molecule has 56 valence electrons. The molecule has 2 heteroatoms. The van der Waals surface area contributed by atoms with Crippen LogP contribution in [-0.2, 0) is 0 Å². The van der Waals surface area contributed by atoms with Gasteiger partial charge in [-0.05, 0) is 24.8 Å². The summed E-state index contributed by atoms with van der Waals surface area (Å²) in [5.41, 5.74) is 5.45. The molecule has 0 saturated carbocycles. The van der Waals surface area contributed by atoms with Crippen molar-refractivity contribution in [2.75, 3.05) is 13.2 Å². The molecular weight excluding hydrogens is 114 g/mol. The van der Waals surface area contributed by atoms with Crippen LogP contribution >= 0.6 is 0 Å². The van der Waals surface area contributed by atoms with Crippen LogP contribution in [0.4, 0.5) is 0 Å². The van der Waals surface area contributed by atoms with Crippen molar-refractivity contribution < 1.29 is 5.11 Å². The van der Waals surface area contributed by atoms with Crippen molar-refractivity contribution in [3.8, 4) is 0 Å². The molecule has 1 unspecified atom stereocenters. The minimum Gasteiger partial charge on any atom is -0.396 e. The number of aliphatic hydroxyl groups is 1. The summed E-state index contributed by atoms with van der Waals surface area (Å²) >= 11 is 0. The number of aliphatic hydroxyl groups excluding tert-OH is 1. The van der Waals surface area contributed by atoms with Crippen molar-refractivity contribution >= 4 is 0 Å². The van der Waals surface area contributed by atoms with Crippen LogP contribution in [0.25, 0.3) is 0 Å². The topological polar surface area (TPSA) is 46.2 Å². The van der Waals surface area contributed by atoms with Crippen molar-refractivity contribution in [1.82, 2.24) is 0 Å². The molecule has 0 rings (SSSR count). The summed E-state index contributed by atoms with van der Waals surface area (Å²) in [6, 6.07) is 0. The highest BCUT2D eigenvalue weighted by Gasteiger charge is 2.09. The maximum Gasteiger partial charge on any atom is 0.0434 e. The highest BCUT2D eigenvalue weighted by molar-refractivity contribution is 4.62. The second kappa shape index (κ2) is 4.77. The first-order valence-electron chi connectivity index (χ1n) is 3.53. The molecule has 0 heterocycles. The molecule has 0 saturated heterocycles. The predicted molar refractivity (Wildman–Crippen MR) is 39.1 cm³/mol. The van der Waals surface area contributed by atoms with Gasteiger partial charge in [0.1, 0.15) is 0 Å². The summed E-state index contributed by atoms with van der Waals surface area (Å²) in [5, 5.41) is 8.56. The molecule has 1 atom stereocenters. The van der Waals surface area contributed by atoms with Gasteiger partial charge < -0.3 is 10.8 Å². The van der Waals surface area contributed by atoms with E-state index in [9.17, 15) is 0 Å². The molecule has 3 N–H and O–H groups in total. The smallest absolute Gasteiger partial charge is 0.0434 e. The Morgan fingerprint density at radius 2 is 2.00 bits per heavy atom. The second-order valence-corrected chi connectivity index (χ2v) is 2.75. The van der Waals surface area contributed by atoms with Gasteiger partial charge >= 0.3 is 0 Å². The fourth-order valence-electron chi connectivity index (χ4n) is 0.889. The summed E-state index contributed by atoms with van der Waals surface area (Å²) in [4.78, 5) is 0. The quantitative estimate of drug-likeness (QED) is 0.587. The molecular formula is C7H17NO. The Morgan fingerprint density at radius 3 is 2.11 bits per heavy atom. The largest absolute Gasteiger partial charge is 0.396 e. The highest BCUT2D eigenvalue weighted by atomic mass is 16.3. The van der Waals surface area contributed by atoms with E-state index in [2.05, 4.69) is 13.8 Å². The Labute approximate surface area is 57.1 Å². The molecule has 0 aliphatic heterocycles. The lowest BCUT2D eigenvalue weighted by Crippen LogP contribution is -2.20. The van der Waals surface area contributed by atoms with E-state index in [1.165, 1.54) is 0 Å². The molecule has 0 aromatic rings. The van der Waals surface area contributed by atoms with Crippen molar-refractivity contribution in [3.63, 3.8) is 0 Å². The van der Waals surface area contributed by atoms with E-state index in [4.69, 9.17) is 10.8 Å². The molecule has 0 aliphatic carbocycles. The maximum absolute atomic E-state index is 8.56. The van der Waals surface area contributed by atoms with Gasteiger partial charge in [0.2, 0.25) is 0 Å². The average molecular weight is 131 g/mol. The van der Waals surface area contributed by atoms with Crippen LogP contribution < -0.4 is 5.73 Å². The Hall–Kier alpha value is -0.0800. The van der Waals surface area contributed by atoms with Gasteiger partial charge in [-0.25, -0.2) is 0 Å². The van der Waals surface area contributed by atoms with Crippen LogP contribution in [0.2, 0.25) is 0 Å². The van der Waals surface area contributed by atoms with Gasteiger partial charge in [0, 0.05) is 6.61 Å². The second-order valence-electron chi connectivity index (χ2n) is 2.75. The van der Waals surface area contributed by atoms with E-state index < -0.39 is 0 Å². The zero-order valence-electron chi connectivity index (χ0n) is 6.30. The highest BCUT2D eigenvalue weighted by Crippen LogP contribution is 2.11. The fraction of sp³-hybridized carbons (Fsp3) is 1.00. The molecule has 0 amide bonds. The van der Waals surface area contributed by atoms with E-state index in [0.29, 0.717) is 18.4 Å². The Bertz CT molecular complexity index is 63.9. The molecule has 0 spiro atoms.